The highest BCUT2D eigenvalue weighted by Gasteiger charge is 2.13. The van der Waals surface area contributed by atoms with Crippen LogP contribution in [-0.2, 0) is 4.79 Å². The Balaban J connectivity index is 2.02. The maximum atomic E-state index is 12.1. The molecule has 0 fully saturated rings. The zero-order chi connectivity index (χ0) is 15.2. The summed E-state index contributed by atoms with van der Waals surface area (Å²) in [6.45, 7) is 1.83. The molecule has 5 heteroatoms. The number of amides is 1. The van der Waals surface area contributed by atoms with Gasteiger partial charge in [-0.15, -0.1) is 0 Å². The number of carbonyl (C=O) groups excluding carboxylic acids is 3. The number of anilines is 1. The van der Waals surface area contributed by atoms with Crippen LogP contribution in [0.4, 0.5) is 5.69 Å². The highest BCUT2D eigenvalue weighted by molar-refractivity contribution is 6.01. The van der Waals surface area contributed by atoms with Crippen LogP contribution >= 0.6 is 0 Å². The van der Waals surface area contributed by atoms with Crippen LogP contribution in [0.2, 0.25) is 0 Å². The van der Waals surface area contributed by atoms with Gasteiger partial charge in [0.25, 0.3) is 0 Å². The van der Waals surface area contributed by atoms with Gasteiger partial charge < -0.3 is 9.73 Å². The molecule has 108 valence electrons. The highest BCUT2D eigenvalue weighted by Crippen LogP contribution is 2.18. The smallest absolute Gasteiger partial charge is 0.211 e. The summed E-state index contributed by atoms with van der Waals surface area (Å²) in [5.74, 6) is -0.0921. The third-order valence-corrected chi connectivity index (χ3v) is 3.15. The van der Waals surface area contributed by atoms with Crippen molar-refractivity contribution in [1.82, 2.24) is 0 Å². The van der Waals surface area contributed by atoms with Gasteiger partial charge in [-0.05, 0) is 30.7 Å². The minimum Gasteiger partial charge on any atom is -0.461 e. The van der Waals surface area contributed by atoms with Crippen LogP contribution in [0.1, 0.15) is 39.3 Å². The third-order valence-electron chi connectivity index (χ3n) is 3.15. The number of ketones is 2. The number of hydrogen-bond acceptors (Lipinski definition) is 4. The molecular weight excluding hydrogens is 270 g/mol. The molecule has 0 aliphatic heterocycles. The molecular formula is C16H15NO4. The van der Waals surface area contributed by atoms with E-state index in [1.54, 1.807) is 30.3 Å². The minimum atomic E-state index is -0.202. The normalized spacial score (nSPS) is 10.1. The molecule has 1 aromatic carbocycles. The van der Waals surface area contributed by atoms with Crippen molar-refractivity contribution in [3.05, 3.63) is 53.5 Å². The lowest BCUT2D eigenvalue weighted by Crippen LogP contribution is -2.06. The van der Waals surface area contributed by atoms with Crippen molar-refractivity contribution in [2.24, 2.45) is 0 Å². The summed E-state index contributed by atoms with van der Waals surface area (Å²) < 4.78 is 4.99. The number of carbonyl (C=O) groups is 3. The lowest BCUT2D eigenvalue weighted by molar-refractivity contribution is -0.105. The summed E-state index contributed by atoms with van der Waals surface area (Å²) in [4.78, 5) is 34.4. The van der Waals surface area contributed by atoms with Crippen molar-refractivity contribution in [1.29, 1.82) is 0 Å². The monoisotopic (exact) mass is 285 g/mol. The Bertz CT molecular complexity index is 659. The summed E-state index contributed by atoms with van der Waals surface area (Å²) in [6.07, 6.45) is 2.18. The number of rotatable bonds is 7. The molecule has 0 atom stereocenters. The van der Waals surface area contributed by atoms with E-state index in [2.05, 4.69) is 5.32 Å². The molecule has 0 radical (unpaired) electrons. The number of aryl methyl sites for hydroxylation is 1. The van der Waals surface area contributed by atoms with Crippen LogP contribution in [0, 0.1) is 6.92 Å². The molecule has 0 aliphatic carbocycles. The second kappa shape index (κ2) is 6.65. The van der Waals surface area contributed by atoms with Crippen molar-refractivity contribution in [3.8, 4) is 0 Å². The summed E-state index contributed by atoms with van der Waals surface area (Å²) in [7, 11) is 0. The van der Waals surface area contributed by atoms with Crippen LogP contribution in [-0.4, -0.2) is 18.0 Å². The topological polar surface area (TPSA) is 76.4 Å². The predicted octanol–water partition coefficient (Wildman–Crippen LogP) is 3.00. The van der Waals surface area contributed by atoms with Crippen molar-refractivity contribution in [2.75, 3.05) is 5.32 Å². The summed E-state index contributed by atoms with van der Waals surface area (Å²) in [5, 5.41) is 2.54. The number of benzene rings is 1. The van der Waals surface area contributed by atoms with E-state index in [0.717, 1.165) is 5.56 Å². The van der Waals surface area contributed by atoms with Gasteiger partial charge in [-0.25, -0.2) is 0 Å². The van der Waals surface area contributed by atoms with Crippen molar-refractivity contribution in [2.45, 2.75) is 19.8 Å². The Hall–Kier alpha value is -2.69. The van der Waals surface area contributed by atoms with Gasteiger partial charge >= 0.3 is 0 Å². The highest BCUT2D eigenvalue weighted by atomic mass is 16.3. The van der Waals surface area contributed by atoms with E-state index in [9.17, 15) is 14.4 Å². The standard InChI is InChI=1S/C16H15NO4/c1-11-4-5-12(9-13(11)17-10-18)14(19)6-7-15(20)16-3-2-8-21-16/h2-5,8-10H,6-7H2,1H3,(H,17,18). The first kappa shape index (κ1) is 14.7. The first-order valence-corrected chi connectivity index (χ1v) is 6.52. The first-order valence-electron chi connectivity index (χ1n) is 6.52. The maximum Gasteiger partial charge on any atom is 0.211 e. The van der Waals surface area contributed by atoms with Gasteiger partial charge in [0, 0.05) is 24.1 Å². The van der Waals surface area contributed by atoms with Gasteiger partial charge in [0.1, 0.15) is 0 Å². The molecule has 0 saturated carbocycles. The molecule has 0 bridgehead atoms. The average molecular weight is 285 g/mol. The van der Waals surface area contributed by atoms with E-state index in [1.165, 1.54) is 6.26 Å². The van der Waals surface area contributed by atoms with E-state index in [0.29, 0.717) is 17.7 Å². The van der Waals surface area contributed by atoms with Gasteiger partial charge in [-0.3, -0.25) is 14.4 Å². The SMILES string of the molecule is Cc1ccc(C(=O)CCC(=O)c2ccco2)cc1NC=O. The number of Topliss-reactive ketones (excluding diaryl/α,β-unsaturated/α-hetero) is 2. The molecule has 0 saturated heterocycles. The third kappa shape index (κ3) is 3.66. The van der Waals surface area contributed by atoms with Gasteiger partial charge in [-0.1, -0.05) is 12.1 Å². The number of nitrogens with one attached hydrogen (secondary N) is 1. The number of furan rings is 1. The molecule has 2 rings (SSSR count). The second-order valence-corrected chi connectivity index (χ2v) is 4.62. The van der Waals surface area contributed by atoms with E-state index in [1.807, 2.05) is 6.92 Å². The number of hydrogen-bond donors (Lipinski definition) is 1. The van der Waals surface area contributed by atoms with Gasteiger partial charge in [-0.2, -0.15) is 0 Å². The molecule has 0 spiro atoms. The second-order valence-electron chi connectivity index (χ2n) is 4.62. The van der Waals surface area contributed by atoms with Crippen LogP contribution in [0.3, 0.4) is 0 Å². The van der Waals surface area contributed by atoms with Crippen molar-refractivity contribution in [3.63, 3.8) is 0 Å². The fourth-order valence-electron chi connectivity index (χ4n) is 1.95. The zero-order valence-corrected chi connectivity index (χ0v) is 11.6. The van der Waals surface area contributed by atoms with E-state index >= 15 is 0 Å². The fraction of sp³-hybridized carbons (Fsp3) is 0.188. The molecule has 5 nitrogen and oxygen atoms in total. The largest absolute Gasteiger partial charge is 0.461 e. The molecule has 0 aliphatic rings. The van der Waals surface area contributed by atoms with Gasteiger partial charge in [0.05, 0.1) is 6.26 Å². The van der Waals surface area contributed by atoms with Crippen LogP contribution in [0.25, 0.3) is 0 Å². The Morgan fingerprint density at radius 1 is 1.19 bits per heavy atom. The predicted molar refractivity (Wildman–Crippen MR) is 77.5 cm³/mol. The van der Waals surface area contributed by atoms with Gasteiger partial charge in [0.2, 0.25) is 6.41 Å². The Morgan fingerprint density at radius 3 is 2.62 bits per heavy atom. The molecule has 21 heavy (non-hydrogen) atoms. The van der Waals surface area contributed by atoms with Gasteiger partial charge in [0.15, 0.2) is 17.3 Å². The fourth-order valence-corrected chi connectivity index (χ4v) is 1.95. The Morgan fingerprint density at radius 2 is 1.95 bits per heavy atom. The van der Waals surface area contributed by atoms with E-state index < -0.39 is 0 Å². The Kier molecular flexibility index (Phi) is 4.66. The molecule has 2 aromatic rings. The summed E-state index contributed by atoms with van der Waals surface area (Å²) >= 11 is 0. The molecule has 1 amide bonds. The Labute approximate surface area is 122 Å². The summed E-state index contributed by atoms with van der Waals surface area (Å²) in [5.41, 5.74) is 1.93. The molecule has 1 aromatic heterocycles. The molecule has 1 heterocycles. The van der Waals surface area contributed by atoms with Crippen molar-refractivity contribution < 1.29 is 18.8 Å². The van der Waals surface area contributed by atoms with Crippen molar-refractivity contribution >= 4 is 23.7 Å². The summed E-state index contributed by atoms with van der Waals surface area (Å²) in [6, 6.07) is 8.26. The first-order chi connectivity index (χ1) is 10.1. The lowest BCUT2D eigenvalue weighted by atomic mass is 10.0. The van der Waals surface area contributed by atoms with E-state index in [-0.39, 0.29) is 30.2 Å². The van der Waals surface area contributed by atoms with Crippen LogP contribution in [0.15, 0.2) is 41.0 Å². The molecule has 0 unspecified atom stereocenters. The quantitative estimate of drug-likeness (QED) is 0.626. The lowest BCUT2D eigenvalue weighted by Gasteiger charge is -2.06. The molecule has 1 N–H and O–H groups in total. The maximum absolute atomic E-state index is 12.1. The van der Waals surface area contributed by atoms with Crippen LogP contribution < -0.4 is 5.32 Å². The average Bonchev–Trinajstić information content (AvgIpc) is 3.01. The van der Waals surface area contributed by atoms with Crippen LogP contribution in [0.5, 0.6) is 0 Å². The zero-order valence-electron chi connectivity index (χ0n) is 11.6. The van der Waals surface area contributed by atoms with E-state index in [4.69, 9.17) is 4.42 Å². The minimum absolute atomic E-state index is 0.0939.